The van der Waals surface area contributed by atoms with Gasteiger partial charge >= 0.3 is 0 Å². The Morgan fingerprint density at radius 2 is 2.06 bits per heavy atom. The summed E-state index contributed by atoms with van der Waals surface area (Å²) in [5.74, 6) is 0. The van der Waals surface area contributed by atoms with E-state index in [9.17, 15) is 0 Å². The maximum Gasteiger partial charge on any atom is 0.0446 e. The van der Waals surface area contributed by atoms with Crippen LogP contribution in [0.15, 0.2) is 30.3 Å². The Balaban J connectivity index is 1.97. The third-order valence-electron chi connectivity index (χ3n) is 3.84. The molecular formula is C15H24N2. The first kappa shape index (κ1) is 12.6. The Labute approximate surface area is 105 Å². The van der Waals surface area contributed by atoms with Crippen molar-refractivity contribution >= 4 is 0 Å². The predicted octanol–water partition coefficient (Wildman–Crippen LogP) is 2.85. The molecule has 2 rings (SSSR count). The quantitative estimate of drug-likeness (QED) is 0.837. The summed E-state index contributed by atoms with van der Waals surface area (Å²) in [7, 11) is 0. The maximum absolute atomic E-state index is 5.89. The molecule has 3 N–H and O–H groups in total. The predicted molar refractivity (Wildman–Crippen MR) is 72.8 cm³/mol. The highest BCUT2D eigenvalue weighted by Gasteiger charge is 2.31. The number of rotatable bonds is 4. The van der Waals surface area contributed by atoms with E-state index in [0.29, 0.717) is 24.0 Å². The van der Waals surface area contributed by atoms with Crippen molar-refractivity contribution in [3.8, 4) is 0 Å². The van der Waals surface area contributed by atoms with Gasteiger partial charge in [-0.2, -0.15) is 0 Å². The van der Waals surface area contributed by atoms with E-state index in [2.05, 4.69) is 49.5 Å². The first-order valence-corrected chi connectivity index (χ1v) is 6.62. The Bertz CT molecular complexity index is 345. The van der Waals surface area contributed by atoms with Gasteiger partial charge in [-0.05, 0) is 30.2 Å². The van der Waals surface area contributed by atoms with Crippen molar-refractivity contribution in [3.05, 3.63) is 35.9 Å². The molecule has 0 spiro atoms. The summed E-state index contributed by atoms with van der Waals surface area (Å²) < 4.78 is 0. The number of hydrogen-bond acceptors (Lipinski definition) is 2. The first-order chi connectivity index (χ1) is 8.11. The van der Waals surface area contributed by atoms with Gasteiger partial charge in [0.25, 0.3) is 0 Å². The number of hydrogen-bond donors (Lipinski definition) is 2. The van der Waals surface area contributed by atoms with Crippen molar-refractivity contribution in [2.45, 2.75) is 45.2 Å². The van der Waals surface area contributed by atoms with Crippen molar-refractivity contribution < 1.29 is 0 Å². The molecule has 0 bridgehead atoms. The molecule has 17 heavy (non-hydrogen) atoms. The van der Waals surface area contributed by atoms with Crippen LogP contribution in [-0.4, -0.2) is 12.6 Å². The minimum atomic E-state index is 0.301. The van der Waals surface area contributed by atoms with E-state index in [-0.39, 0.29) is 0 Å². The lowest BCUT2D eigenvalue weighted by atomic mass is 9.91. The highest BCUT2D eigenvalue weighted by atomic mass is 15.0. The SMILES string of the molecule is CC1(C)CCC(NC(CN)c2ccccc2)C1. The highest BCUT2D eigenvalue weighted by molar-refractivity contribution is 5.19. The Kier molecular flexibility index (Phi) is 3.85. The van der Waals surface area contributed by atoms with Crippen LogP contribution < -0.4 is 11.1 Å². The van der Waals surface area contributed by atoms with E-state index in [0.717, 1.165) is 0 Å². The largest absolute Gasteiger partial charge is 0.329 e. The van der Waals surface area contributed by atoms with Crippen LogP contribution in [0.2, 0.25) is 0 Å². The minimum Gasteiger partial charge on any atom is -0.329 e. The van der Waals surface area contributed by atoms with Gasteiger partial charge in [0, 0.05) is 18.6 Å². The average molecular weight is 232 g/mol. The van der Waals surface area contributed by atoms with Crippen molar-refractivity contribution in [2.75, 3.05) is 6.54 Å². The third-order valence-corrected chi connectivity index (χ3v) is 3.84. The second-order valence-electron chi connectivity index (χ2n) is 5.97. The summed E-state index contributed by atoms with van der Waals surface area (Å²) in [5, 5.41) is 3.71. The lowest BCUT2D eigenvalue weighted by molar-refractivity contribution is 0.353. The van der Waals surface area contributed by atoms with Gasteiger partial charge in [0.1, 0.15) is 0 Å². The topological polar surface area (TPSA) is 38.0 Å². The van der Waals surface area contributed by atoms with E-state index in [1.165, 1.54) is 24.8 Å². The zero-order chi connectivity index (χ0) is 12.3. The van der Waals surface area contributed by atoms with Gasteiger partial charge in [0.2, 0.25) is 0 Å². The second kappa shape index (κ2) is 5.19. The molecule has 0 aromatic heterocycles. The molecule has 94 valence electrons. The molecule has 1 aromatic rings. The Morgan fingerprint density at radius 1 is 1.35 bits per heavy atom. The lowest BCUT2D eigenvalue weighted by Crippen LogP contribution is -2.35. The third kappa shape index (κ3) is 3.30. The fourth-order valence-electron chi connectivity index (χ4n) is 2.85. The molecule has 0 saturated heterocycles. The van der Waals surface area contributed by atoms with Gasteiger partial charge in [0.15, 0.2) is 0 Å². The van der Waals surface area contributed by atoms with Gasteiger partial charge in [-0.1, -0.05) is 44.2 Å². The van der Waals surface area contributed by atoms with Crippen LogP contribution in [0.5, 0.6) is 0 Å². The fourth-order valence-corrected chi connectivity index (χ4v) is 2.85. The van der Waals surface area contributed by atoms with Gasteiger partial charge in [0.05, 0.1) is 0 Å². The molecule has 1 fully saturated rings. The molecule has 0 heterocycles. The van der Waals surface area contributed by atoms with E-state index in [1.807, 2.05) is 0 Å². The molecule has 2 unspecified atom stereocenters. The molecule has 0 aliphatic heterocycles. The van der Waals surface area contributed by atoms with Crippen LogP contribution in [0, 0.1) is 5.41 Å². The van der Waals surface area contributed by atoms with Crippen LogP contribution in [0.4, 0.5) is 0 Å². The molecule has 2 nitrogen and oxygen atoms in total. The van der Waals surface area contributed by atoms with Crippen LogP contribution in [0.25, 0.3) is 0 Å². The molecule has 1 aliphatic carbocycles. The van der Waals surface area contributed by atoms with Gasteiger partial charge in [-0.15, -0.1) is 0 Å². The molecule has 2 heteroatoms. The van der Waals surface area contributed by atoms with Crippen molar-refractivity contribution in [1.29, 1.82) is 0 Å². The number of nitrogens with two attached hydrogens (primary N) is 1. The first-order valence-electron chi connectivity index (χ1n) is 6.62. The van der Waals surface area contributed by atoms with E-state index in [4.69, 9.17) is 5.73 Å². The van der Waals surface area contributed by atoms with Crippen molar-refractivity contribution in [1.82, 2.24) is 5.32 Å². The smallest absolute Gasteiger partial charge is 0.0446 e. The highest BCUT2D eigenvalue weighted by Crippen LogP contribution is 2.37. The summed E-state index contributed by atoms with van der Waals surface area (Å²) in [6.07, 6.45) is 3.85. The number of benzene rings is 1. The van der Waals surface area contributed by atoms with E-state index < -0.39 is 0 Å². The van der Waals surface area contributed by atoms with Crippen molar-refractivity contribution in [2.24, 2.45) is 11.1 Å². The summed E-state index contributed by atoms with van der Waals surface area (Å²) >= 11 is 0. The zero-order valence-corrected chi connectivity index (χ0v) is 10.9. The van der Waals surface area contributed by atoms with Gasteiger partial charge in [-0.25, -0.2) is 0 Å². The lowest BCUT2D eigenvalue weighted by Gasteiger charge is -2.23. The molecule has 1 aliphatic rings. The fraction of sp³-hybridized carbons (Fsp3) is 0.600. The summed E-state index contributed by atoms with van der Waals surface area (Å²) in [4.78, 5) is 0. The van der Waals surface area contributed by atoms with Gasteiger partial charge in [-0.3, -0.25) is 0 Å². The molecule has 1 aromatic carbocycles. The van der Waals surface area contributed by atoms with E-state index >= 15 is 0 Å². The monoisotopic (exact) mass is 232 g/mol. The Hall–Kier alpha value is -0.860. The summed E-state index contributed by atoms with van der Waals surface area (Å²) in [6, 6.07) is 11.5. The number of nitrogens with one attached hydrogen (secondary N) is 1. The minimum absolute atomic E-state index is 0.301. The standard InChI is InChI=1S/C15H24N2/c1-15(2)9-8-13(10-15)17-14(11-16)12-6-4-3-5-7-12/h3-7,13-14,17H,8-11,16H2,1-2H3. The summed E-state index contributed by atoms with van der Waals surface area (Å²) in [5.41, 5.74) is 7.69. The van der Waals surface area contributed by atoms with Crippen molar-refractivity contribution in [3.63, 3.8) is 0 Å². The van der Waals surface area contributed by atoms with Crippen LogP contribution in [-0.2, 0) is 0 Å². The molecule has 0 amide bonds. The molecule has 2 atom stereocenters. The normalized spacial score (nSPS) is 24.8. The Morgan fingerprint density at radius 3 is 2.59 bits per heavy atom. The maximum atomic E-state index is 5.89. The summed E-state index contributed by atoms with van der Waals surface area (Å²) in [6.45, 7) is 5.38. The average Bonchev–Trinajstić information content (AvgIpc) is 2.67. The van der Waals surface area contributed by atoms with Crippen LogP contribution in [0.1, 0.15) is 44.7 Å². The molecule has 1 saturated carbocycles. The second-order valence-corrected chi connectivity index (χ2v) is 5.97. The van der Waals surface area contributed by atoms with Crippen LogP contribution >= 0.6 is 0 Å². The van der Waals surface area contributed by atoms with Gasteiger partial charge < -0.3 is 11.1 Å². The molecule has 0 radical (unpaired) electrons. The zero-order valence-electron chi connectivity index (χ0n) is 10.9. The molecular weight excluding hydrogens is 208 g/mol. The van der Waals surface area contributed by atoms with Crippen LogP contribution in [0.3, 0.4) is 0 Å². The van der Waals surface area contributed by atoms with E-state index in [1.54, 1.807) is 0 Å².